The summed E-state index contributed by atoms with van der Waals surface area (Å²) in [6.45, 7) is -3.73. The van der Waals surface area contributed by atoms with Crippen molar-refractivity contribution >= 4 is 23.5 Å². The molecule has 2 atom stereocenters. The van der Waals surface area contributed by atoms with Crippen LogP contribution in [0.2, 0.25) is 5.15 Å². The van der Waals surface area contributed by atoms with Gasteiger partial charge in [0, 0.05) is 4.11 Å². The maximum Gasteiger partial charge on any atom is 0.408 e. The highest BCUT2D eigenvalue weighted by molar-refractivity contribution is 6.29. The average molecular weight is 422 g/mol. The van der Waals surface area contributed by atoms with Crippen molar-refractivity contribution in [3.05, 3.63) is 23.3 Å². The number of nitrogens with one attached hydrogen (secondary N) is 2. The summed E-state index contributed by atoms with van der Waals surface area (Å²) in [5.41, 5.74) is -0.621. The lowest BCUT2D eigenvalue weighted by Gasteiger charge is -2.20. The van der Waals surface area contributed by atoms with Crippen molar-refractivity contribution in [2.45, 2.75) is 38.2 Å². The molecule has 2 aromatic rings. The first kappa shape index (κ1) is 12.9. The summed E-state index contributed by atoms with van der Waals surface area (Å²) in [4.78, 5) is 13.8. The molecule has 0 aliphatic carbocycles. The first-order valence-electron chi connectivity index (χ1n) is 10.2. The van der Waals surface area contributed by atoms with Crippen LogP contribution in [0.25, 0.3) is 11.5 Å². The Morgan fingerprint density at radius 2 is 1.56 bits per heavy atom. The second-order valence-electron chi connectivity index (χ2n) is 4.74. The summed E-state index contributed by atoms with van der Waals surface area (Å²) < 4.78 is 131. The summed E-state index contributed by atoms with van der Waals surface area (Å²) in [6.07, 6.45) is -11.0. The topological polar surface area (TPSA) is 75.6 Å². The SMILES string of the molecule is [2H]c1cc([2H])c(-c2nc(N[C@]([2H])(C([2H])([2H])[2H])C(F)(F)F)nc(N[C@]([2H])(C)C(F)(F)F)n2)nc1Cl. The van der Waals surface area contributed by atoms with Crippen molar-refractivity contribution in [1.29, 1.82) is 0 Å². The molecule has 2 heterocycles. The van der Waals surface area contributed by atoms with Gasteiger partial charge in [-0.2, -0.15) is 41.3 Å². The van der Waals surface area contributed by atoms with Gasteiger partial charge in [-0.1, -0.05) is 17.7 Å². The molecule has 13 heteroatoms. The van der Waals surface area contributed by atoms with Gasteiger partial charge in [0.25, 0.3) is 0 Å². The third-order valence-electron chi connectivity index (χ3n) is 2.70. The van der Waals surface area contributed by atoms with Crippen molar-refractivity contribution in [3.8, 4) is 11.5 Å². The predicted octanol–water partition coefficient (Wildman–Crippen LogP) is 4.31. The van der Waals surface area contributed by atoms with Gasteiger partial charge >= 0.3 is 12.4 Å². The molecule has 2 N–H and O–H groups in total. The van der Waals surface area contributed by atoms with E-state index in [0.29, 0.717) is 6.92 Å². The Balaban J connectivity index is 2.74. The van der Waals surface area contributed by atoms with Crippen LogP contribution in [0.4, 0.5) is 38.2 Å². The quantitative estimate of drug-likeness (QED) is 0.553. The highest BCUT2D eigenvalue weighted by Gasteiger charge is 2.38. The summed E-state index contributed by atoms with van der Waals surface area (Å²) in [5.74, 6) is -3.36. The summed E-state index contributed by atoms with van der Waals surface area (Å²) in [5, 5.41) is 2.22. The van der Waals surface area contributed by atoms with E-state index in [9.17, 15) is 26.3 Å². The number of rotatable bonds is 5. The van der Waals surface area contributed by atoms with Crippen molar-refractivity contribution in [3.63, 3.8) is 0 Å². The zero-order chi connectivity index (χ0) is 26.5. The Bertz CT molecular complexity index is 1060. The van der Waals surface area contributed by atoms with Gasteiger partial charge in [-0.15, -0.1) is 0 Å². The molecule has 0 bridgehead atoms. The van der Waals surface area contributed by atoms with E-state index in [2.05, 4.69) is 19.9 Å². The number of nitrogens with zero attached hydrogens (tertiary/aromatic N) is 4. The van der Waals surface area contributed by atoms with Gasteiger partial charge < -0.3 is 10.6 Å². The molecule has 0 spiro atoms. The third-order valence-corrected chi connectivity index (χ3v) is 2.90. The second-order valence-corrected chi connectivity index (χ2v) is 5.09. The molecule has 0 unspecified atom stereocenters. The van der Waals surface area contributed by atoms with Crippen LogP contribution in [0, 0.1) is 0 Å². The maximum absolute atomic E-state index is 13.4. The minimum atomic E-state index is -5.75. The van der Waals surface area contributed by atoms with Crippen LogP contribution >= 0.6 is 11.6 Å². The summed E-state index contributed by atoms with van der Waals surface area (Å²) in [6, 6.07) is -8.13. The van der Waals surface area contributed by atoms with Crippen LogP contribution in [0.15, 0.2) is 18.2 Å². The molecule has 0 amide bonds. The van der Waals surface area contributed by atoms with Gasteiger partial charge in [0.1, 0.15) is 22.9 Å². The lowest BCUT2D eigenvalue weighted by molar-refractivity contribution is -0.139. The number of pyridine rings is 1. The Morgan fingerprint density at radius 1 is 1.00 bits per heavy atom. The highest BCUT2D eigenvalue weighted by atomic mass is 35.5. The van der Waals surface area contributed by atoms with Crippen LogP contribution in [0.3, 0.4) is 0 Å². The number of aromatic nitrogens is 4. The van der Waals surface area contributed by atoms with Crippen molar-refractivity contribution in [2.24, 2.45) is 0 Å². The summed E-state index contributed by atoms with van der Waals surface area (Å²) >= 11 is 5.69. The Hall–Kier alpha value is -2.37. The van der Waals surface area contributed by atoms with Crippen LogP contribution in [-0.4, -0.2) is 44.3 Å². The number of hydrogen-bond donors (Lipinski definition) is 2. The molecular formula is C14H13ClF6N6. The third kappa shape index (κ3) is 5.81. The van der Waals surface area contributed by atoms with E-state index >= 15 is 0 Å². The minimum absolute atomic E-state index is 0.330. The lowest BCUT2D eigenvalue weighted by atomic mass is 10.3. The van der Waals surface area contributed by atoms with Gasteiger partial charge in [-0.25, -0.2) is 4.98 Å². The van der Waals surface area contributed by atoms with Crippen molar-refractivity contribution in [2.75, 3.05) is 10.6 Å². The normalized spacial score (nSPS) is 21.1. The van der Waals surface area contributed by atoms with E-state index in [4.69, 9.17) is 21.2 Å². The van der Waals surface area contributed by atoms with E-state index in [1.807, 2.05) is 0 Å². The zero-order valence-corrected chi connectivity index (χ0v) is 13.8. The first-order chi connectivity index (χ1) is 15.1. The molecule has 27 heavy (non-hydrogen) atoms. The number of hydrogen-bond acceptors (Lipinski definition) is 6. The lowest BCUT2D eigenvalue weighted by Crippen LogP contribution is -2.35. The monoisotopic (exact) mass is 421 g/mol. The maximum atomic E-state index is 13.4. The van der Waals surface area contributed by atoms with Gasteiger partial charge in [-0.05, 0) is 25.9 Å². The molecule has 0 aliphatic rings. The second kappa shape index (κ2) is 7.71. The van der Waals surface area contributed by atoms with Crippen molar-refractivity contribution < 1.29 is 35.9 Å². The fraction of sp³-hybridized carbons (Fsp3) is 0.429. The molecule has 2 aromatic heterocycles. The molecular weight excluding hydrogens is 402 g/mol. The average Bonchev–Trinajstić information content (AvgIpc) is 2.61. The molecule has 2 rings (SSSR count). The highest BCUT2D eigenvalue weighted by Crippen LogP contribution is 2.26. The van der Waals surface area contributed by atoms with Crippen LogP contribution < -0.4 is 10.6 Å². The smallest absolute Gasteiger partial charge is 0.343 e. The van der Waals surface area contributed by atoms with E-state index in [1.165, 1.54) is 10.6 Å². The summed E-state index contributed by atoms with van der Waals surface area (Å²) in [7, 11) is 0. The fourth-order valence-electron chi connectivity index (χ4n) is 1.46. The molecule has 0 aliphatic heterocycles. The first-order valence-corrected chi connectivity index (χ1v) is 7.07. The Morgan fingerprint density at radius 3 is 2.07 bits per heavy atom. The Kier molecular flexibility index (Phi) is 3.69. The molecule has 0 fully saturated rings. The van der Waals surface area contributed by atoms with E-state index < -0.39 is 71.9 Å². The Labute approximate surface area is 164 Å². The molecule has 148 valence electrons. The number of anilines is 2. The minimum Gasteiger partial charge on any atom is -0.343 e. The molecule has 6 nitrogen and oxygen atoms in total. The molecule has 0 radical (unpaired) electrons. The standard InChI is InChI=1S/C14H13ClF6N6/c1-6(13(16,17)18)22-11-25-10(8-4-3-5-9(15)24-8)26-12(27-11)23-7(2)14(19,20)21/h3-7H,1-2H3,(H2,22,23,25,26,27)/t6-,7-/m1/s1/i1D3,4D,5D,6D,7D. The zero-order valence-electron chi connectivity index (χ0n) is 20.0. The van der Waals surface area contributed by atoms with E-state index in [0.717, 1.165) is 6.07 Å². The predicted molar refractivity (Wildman–Crippen MR) is 86.3 cm³/mol. The fourth-order valence-corrected chi connectivity index (χ4v) is 1.60. The largest absolute Gasteiger partial charge is 0.408 e. The van der Waals surface area contributed by atoms with Crippen LogP contribution in [0.1, 0.15) is 23.4 Å². The van der Waals surface area contributed by atoms with Gasteiger partial charge in [0.2, 0.25) is 11.9 Å². The van der Waals surface area contributed by atoms with Crippen molar-refractivity contribution in [1.82, 2.24) is 19.9 Å². The molecule has 0 aromatic carbocycles. The van der Waals surface area contributed by atoms with E-state index in [-0.39, 0.29) is 0 Å². The van der Waals surface area contributed by atoms with Crippen LogP contribution in [0.5, 0.6) is 0 Å². The van der Waals surface area contributed by atoms with Gasteiger partial charge in [0.05, 0.1) is 5.48 Å². The molecule has 0 saturated heterocycles. The molecule has 0 saturated carbocycles. The number of halogens is 7. The van der Waals surface area contributed by atoms with Gasteiger partial charge in [0.15, 0.2) is 5.82 Å². The van der Waals surface area contributed by atoms with Gasteiger partial charge in [-0.3, -0.25) is 0 Å². The van der Waals surface area contributed by atoms with Crippen LogP contribution in [-0.2, 0) is 0 Å². The van der Waals surface area contributed by atoms with E-state index in [1.54, 1.807) is 0 Å². The number of alkyl halides is 6.